The molecule has 1 aromatic rings. The lowest BCUT2D eigenvalue weighted by atomic mass is 10.0. The first-order valence-corrected chi connectivity index (χ1v) is 7.17. The smallest absolute Gasteiger partial charge is 0.242 e. The van der Waals surface area contributed by atoms with Gasteiger partial charge in [-0.1, -0.05) is 6.07 Å². The van der Waals surface area contributed by atoms with E-state index in [0.717, 1.165) is 17.0 Å². The first-order chi connectivity index (χ1) is 10.1. The number of hydrogen-bond acceptors (Lipinski definition) is 4. The monoisotopic (exact) mass is 287 g/mol. The molecule has 3 amide bonds. The van der Waals surface area contributed by atoms with Gasteiger partial charge in [0.15, 0.2) is 0 Å². The van der Waals surface area contributed by atoms with Crippen LogP contribution in [0.3, 0.4) is 0 Å². The van der Waals surface area contributed by atoms with Gasteiger partial charge >= 0.3 is 0 Å². The third-order valence-corrected chi connectivity index (χ3v) is 4.10. The topological polar surface area (TPSA) is 70.6 Å². The van der Waals surface area contributed by atoms with Crippen molar-refractivity contribution in [2.45, 2.75) is 25.2 Å². The molecule has 6 heteroatoms. The van der Waals surface area contributed by atoms with Crippen LogP contribution < -0.4 is 0 Å². The van der Waals surface area contributed by atoms with Gasteiger partial charge in [0.2, 0.25) is 17.7 Å². The van der Waals surface area contributed by atoms with Gasteiger partial charge in [-0.25, -0.2) is 0 Å². The molecule has 110 valence electrons. The first kappa shape index (κ1) is 13.7. The van der Waals surface area contributed by atoms with Crippen LogP contribution in [0.5, 0.6) is 0 Å². The van der Waals surface area contributed by atoms with Gasteiger partial charge in [-0.2, -0.15) is 0 Å². The van der Waals surface area contributed by atoms with Gasteiger partial charge in [-0.15, -0.1) is 0 Å². The van der Waals surface area contributed by atoms with Crippen molar-refractivity contribution in [2.75, 3.05) is 19.6 Å². The molecule has 1 atom stereocenters. The summed E-state index contributed by atoms with van der Waals surface area (Å²) in [5, 5.41) is 0. The second-order valence-corrected chi connectivity index (χ2v) is 5.45. The number of carbonyl (C=O) groups excluding carboxylic acids is 3. The number of amides is 3. The summed E-state index contributed by atoms with van der Waals surface area (Å²) in [6.45, 7) is 1.13. The van der Waals surface area contributed by atoms with E-state index in [1.807, 2.05) is 18.2 Å². The van der Waals surface area contributed by atoms with Crippen molar-refractivity contribution in [3.63, 3.8) is 0 Å². The van der Waals surface area contributed by atoms with Gasteiger partial charge in [0.1, 0.15) is 6.54 Å². The fourth-order valence-electron chi connectivity index (χ4n) is 2.88. The maximum atomic E-state index is 12.2. The SMILES string of the molecule is O=C(CN1C(=O)CCC1=O)N1CCC(c2ccccn2)C1. The normalized spacial score (nSPS) is 22.2. The zero-order valence-corrected chi connectivity index (χ0v) is 11.7. The zero-order chi connectivity index (χ0) is 14.8. The molecule has 2 aliphatic heterocycles. The number of likely N-dealkylation sites (tertiary alicyclic amines) is 2. The highest BCUT2D eigenvalue weighted by molar-refractivity contribution is 6.04. The van der Waals surface area contributed by atoms with Crippen molar-refractivity contribution in [3.05, 3.63) is 30.1 Å². The van der Waals surface area contributed by atoms with E-state index in [2.05, 4.69) is 4.98 Å². The molecule has 0 aliphatic carbocycles. The van der Waals surface area contributed by atoms with Crippen molar-refractivity contribution in [1.82, 2.24) is 14.8 Å². The zero-order valence-electron chi connectivity index (χ0n) is 11.7. The van der Waals surface area contributed by atoms with Gasteiger partial charge < -0.3 is 4.90 Å². The van der Waals surface area contributed by atoms with Crippen LogP contribution in [-0.4, -0.2) is 52.1 Å². The molecule has 0 N–H and O–H groups in total. The highest BCUT2D eigenvalue weighted by Gasteiger charge is 2.34. The van der Waals surface area contributed by atoms with Crippen LogP contribution in [-0.2, 0) is 14.4 Å². The summed E-state index contributed by atoms with van der Waals surface area (Å²) < 4.78 is 0. The number of carbonyl (C=O) groups is 3. The van der Waals surface area contributed by atoms with E-state index in [0.29, 0.717) is 13.1 Å². The fraction of sp³-hybridized carbons (Fsp3) is 0.467. The predicted molar refractivity (Wildman–Crippen MR) is 74.1 cm³/mol. The van der Waals surface area contributed by atoms with Gasteiger partial charge in [0.25, 0.3) is 0 Å². The Labute approximate surface area is 122 Å². The lowest BCUT2D eigenvalue weighted by molar-refractivity contribution is -0.145. The van der Waals surface area contributed by atoms with E-state index >= 15 is 0 Å². The van der Waals surface area contributed by atoms with Crippen molar-refractivity contribution in [1.29, 1.82) is 0 Å². The Hall–Kier alpha value is -2.24. The predicted octanol–water partition coefficient (Wildman–Crippen LogP) is 0.546. The Morgan fingerprint density at radius 1 is 1.24 bits per heavy atom. The summed E-state index contributed by atoms with van der Waals surface area (Å²) in [5.74, 6) is -0.403. The largest absolute Gasteiger partial charge is 0.340 e. The number of nitrogens with zero attached hydrogens (tertiary/aromatic N) is 3. The van der Waals surface area contributed by atoms with E-state index in [1.165, 1.54) is 0 Å². The number of imide groups is 1. The molecule has 1 aromatic heterocycles. The second kappa shape index (κ2) is 5.63. The molecule has 3 rings (SSSR count). The van der Waals surface area contributed by atoms with Crippen LogP contribution in [0.1, 0.15) is 30.9 Å². The maximum absolute atomic E-state index is 12.2. The van der Waals surface area contributed by atoms with Crippen LogP contribution in [0.15, 0.2) is 24.4 Å². The summed E-state index contributed by atoms with van der Waals surface area (Å²) >= 11 is 0. The quantitative estimate of drug-likeness (QED) is 0.761. The molecule has 2 aliphatic rings. The van der Waals surface area contributed by atoms with E-state index in [4.69, 9.17) is 0 Å². The molecular weight excluding hydrogens is 270 g/mol. The van der Waals surface area contributed by atoms with Crippen LogP contribution in [0.25, 0.3) is 0 Å². The number of hydrogen-bond donors (Lipinski definition) is 0. The molecular formula is C15H17N3O3. The minimum atomic E-state index is -0.242. The standard InChI is InChI=1S/C15H17N3O3/c19-13-4-5-14(20)18(13)10-15(21)17-8-6-11(9-17)12-3-1-2-7-16-12/h1-3,7,11H,4-6,8-10H2. The van der Waals surface area contributed by atoms with Crippen LogP contribution in [0, 0.1) is 0 Å². The van der Waals surface area contributed by atoms with Crippen molar-refractivity contribution < 1.29 is 14.4 Å². The summed E-state index contributed by atoms with van der Waals surface area (Å²) in [5.41, 5.74) is 0.987. The van der Waals surface area contributed by atoms with Crippen molar-refractivity contribution >= 4 is 17.7 Å². The van der Waals surface area contributed by atoms with Gasteiger partial charge in [-0.3, -0.25) is 24.3 Å². The minimum absolute atomic E-state index is 0.118. The van der Waals surface area contributed by atoms with E-state index in [1.54, 1.807) is 11.1 Å². The Morgan fingerprint density at radius 3 is 2.67 bits per heavy atom. The molecule has 3 heterocycles. The highest BCUT2D eigenvalue weighted by atomic mass is 16.2. The van der Waals surface area contributed by atoms with Crippen molar-refractivity contribution in [2.24, 2.45) is 0 Å². The molecule has 0 radical (unpaired) electrons. The Balaban J connectivity index is 1.60. The summed E-state index contributed by atoms with van der Waals surface area (Å²) in [6.07, 6.45) is 3.07. The molecule has 21 heavy (non-hydrogen) atoms. The fourth-order valence-corrected chi connectivity index (χ4v) is 2.88. The van der Waals surface area contributed by atoms with E-state index in [9.17, 15) is 14.4 Å². The second-order valence-electron chi connectivity index (χ2n) is 5.45. The molecule has 2 fully saturated rings. The molecule has 1 unspecified atom stereocenters. The third kappa shape index (κ3) is 2.79. The Morgan fingerprint density at radius 2 is 2.00 bits per heavy atom. The lowest BCUT2D eigenvalue weighted by Crippen LogP contribution is -2.41. The minimum Gasteiger partial charge on any atom is -0.340 e. The van der Waals surface area contributed by atoms with Gasteiger partial charge in [0.05, 0.1) is 0 Å². The summed E-state index contributed by atoms with van der Waals surface area (Å²) in [7, 11) is 0. The molecule has 2 saturated heterocycles. The molecule has 6 nitrogen and oxygen atoms in total. The van der Waals surface area contributed by atoms with Crippen LogP contribution in [0.2, 0.25) is 0 Å². The van der Waals surface area contributed by atoms with Crippen LogP contribution in [0.4, 0.5) is 0 Å². The Kier molecular flexibility index (Phi) is 3.68. The van der Waals surface area contributed by atoms with Crippen molar-refractivity contribution in [3.8, 4) is 0 Å². The maximum Gasteiger partial charge on any atom is 0.242 e. The molecule has 0 spiro atoms. The number of pyridine rings is 1. The number of aromatic nitrogens is 1. The van der Waals surface area contributed by atoms with E-state index < -0.39 is 0 Å². The Bertz CT molecular complexity index is 557. The molecule has 0 saturated carbocycles. The van der Waals surface area contributed by atoms with Crippen LogP contribution >= 0.6 is 0 Å². The third-order valence-electron chi connectivity index (χ3n) is 4.10. The molecule has 0 bridgehead atoms. The average molecular weight is 287 g/mol. The molecule has 0 aromatic carbocycles. The summed E-state index contributed by atoms with van der Waals surface area (Å²) in [4.78, 5) is 42.4. The van der Waals surface area contributed by atoms with Gasteiger partial charge in [-0.05, 0) is 18.6 Å². The van der Waals surface area contributed by atoms with E-state index in [-0.39, 0.29) is 43.0 Å². The average Bonchev–Trinajstić information content (AvgIpc) is 3.11. The lowest BCUT2D eigenvalue weighted by Gasteiger charge is -2.20. The summed E-state index contributed by atoms with van der Waals surface area (Å²) in [6, 6.07) is 5.77. The first-order valence-electron chi connectivity index (χ1n) is 7.17. The number of rotatable bonds is 3. The van der Waals surface area contributed by atoms with Gasteiger partial charge in [0, 0.05) is 43.7 Å². The highest BCUT2D eigenvalue weighted by Crippen LogP contribution is 2.25.